The molecule has 2 aromatic carbocycles. The predicted octanol–water partition coefficient (Wildman–Crippen LogP) is 5.30. The minimum Gasteiger partial charge on any atom is -0.469 e. The largest absolute Gasteiger partial charge is 0.469 e. The number of methoxy groups -OCH3 is 1. The maximum atomic E-state index is 15.4. The summed E-state index contributed by atoms with van der Waals surface area (Å²) in [5.41, 5.74) is 0.516. The zero-order valence-corrected chi connectivity index (χ0v) is 26.4. The van der Waals surface area contributed by atoms with Gasteiger partial charge in [-0.15, -0.1) is 11.3 Å². The minimum atomic E-state index is -1.01. The van der Waals surface area contributed by atoms with Crippen LogP contribution in [0.2, 0.25) is 5.02 Å². The number of para-hydroxylation sites is 1. The molecule has 10 nitrogen and oxygen atoms in total. The van der Waals surface area contributed by atoms with Gasteiger partial charge >= 0.3 is 5.97 Å². The maximum absolute atomic E-state index is 15.4. The highest BCUT2D eigenvalue weighted by molar-refractivity contribution is 7.11. The highest BCUT2D eigenvalue weighted by Gasteiger charge is 2.51. The van der Waals surface area contributed by atoms with Gasteiger partial charge in [-0.2, -0.15) is 5.06 Å². The van der Waals surface area contributed by atoms with E-state index >= 15 is 4.39 Å². The van der Waals surface area contributed by atoms with Gasteiger partial charge in [0.25, 0.3) is 5.91 Å². The summed E-state index contributed by atoms with van der Waals surface area (Å²) >= 11 is 7.90. The molecule has 0 unspecified atom stereocenters. The van der Waals surface area contributed by atoms with Crippen molar-refractivity contribution in [3.8, 4) is 0 Å². The fourth-order valence-corrected chi connectivity index (χ4v) is 7.10. The lowest BCUT2D eigenvalue weighted by Gasteiger charge is -2.42. The molecule has 232 valence electrons. The number of likely N-dealkylation sites (tertiary alicyclic amines) is 1. The van der Waals surface area contributed by atoms with Crippen molar-refractivity contribution in [3.05, 3.63) is 80.6 Å². The number of hydroxylamine groups is 2. The second kappa shape index (κ2) is 13.0. The molecule has 4 aromatic rings. The van der Waals surface area contributed by atoms with Crippen molar-refractivity contribution < 1.29 is 28.3 Å². The number of aromatic nitrogens is 2. The van der Waals surface area contributed by atoms with Gasteiger partial charge in [-0.1, -0.05) is 29.8 Å². The van der Waals surface area contributed by atoms with E-state index in [2.05, 4.69) is 10.3 Å². The summed E-state index contributed by atoms with van der Waals surface area (Å²) in [6.45, 7) is 0.415. The van der Waals surface area contributed by atoms with Gasteiger partial charge in [-0.25, -0.2) is 9.37 Å². The van der Waals surface area contributed by atoms with E-state index in [4.69, 9.17) is 21.2 Å². The van der Waals surface area contributed by atoms with Crippen LogP contribution in [0.5, 0.6) is 0 Å². The number of esters is 1. The Labute approximate surface area is 263 Å². The summed E-state index contributed by atoms with van der Waals surface area (Å²) in [6.07, 6.45) is 5.04. The van der Waals surface area contributed by atoms with Gasteiger partial charge in [-0.05, 0) is 43.0 Å². The molecule has 1 fully saturated rings. The monoisotopic (exact) mass is 641 g/mol. The number of ether oxygens (including phenoxy) is 1. The van der Waals surface area contributed by atoms with E-state index in [1.165, 1.54) is 31.6 Å². The smallest absolute Gasteiger partial charge is 0.305 e. The van der Waals surface area contributed by atoms with Crippen LogP contribution in [0.3, 0.4) is 0 Å². The van der Waals surface area contributed by atoms with Gasteiger partial charge < -0.3 is 19.5 Å². The van der Waals surface area contributed by atoms with Crippen molar-refractivity contribution >= 4 is 57.3 Å². The molecule has 1 N–H and O–H groups in total. The predicted molar refractivity (Wildman–Crippen MR) is 166 cm³/mol. The average Bonchev–Trinajstić information content (AvgIpc) is 3.76. The number of carbonyl (C=O) groups excluding carboxylic acids is 3. The van der Waals surface area contributed by atoms with Crippen molar-refractivity contribution in [2.75, 3.05) is 33.1 Å². The van der Waals surface area contributed by atoms with Gasteiger partial charge in [0.1, 0.15) is 10.8 Å². The number of anilines is 1. The van der Waals surface area contributed by atoms with Crippen molar-refractivity contribution in [1.82, 2.24) is 19.5 Å². The Morgan fingerprint density at radius 3 is 2.75 bits per heavy atom. The van der Waals surface area contributed by atoms with Crippen LogP contribution in [0, 0.1) is 5.82 Å². The summed E-state index contributed by atoms with van der Waals surface area (Å²) in [7, 11) is 6.43. The summed E-state index contributed by atoms with van der Waals surface area (Å²) in [5, 5.41) is 5.81. The van der Waals surface area contributed by atoms with Gasteiger partial charge in [0.05, 0.1) is 43.3 Å². The van der Waals surface area contributed by atoms with Crippen molar-refractivity contribution in [2.45, 2.75) is 37.8 Å². The van der Waals surface area contributed by atoms with E-state index in [-0.39, 0.29) is 41.0 Å². The first-order chi connectivity index (χ1) is 21.1. The molecule has 1 aliphatic heterocycles. The van der Waals surface area contributed by atoms with Gasteiger partial charge in [0.2, 0.25) is 5.91 Å². The Kier molecular flexibility index (Phi) is 9.35. The molecule has 0 radical (unpaired) electrons. The molecule has 44 heavy (non-hydrogen) atoms. The van der Waals surface area contributed by atoms with Crippen LogP contribution in [0.25, 0.3) is 10.9 Å². The first kappa shape index (κ1) is 31.6. The number of fused-ring (bicyclic) bond motifs is 1. The number of carbonyl (C=O) groups is 3. The fourth-order valence-electron chi connectivity index (χ4n) is 5.70. The summed E-state index contributed by atoms with van der Waals surface area (Å²) in [6, 6.07) is 9.99. The normalized spacial score (nSPS) is 16.6. The van der Waals surface area contributed by atoms with E-state index in [0.717, 1.165) is 21.8 Å². The number of amides is 2. The molecule has 1 saturated heterocycles. The Morgan fingerprint density at radius 2 is 2.00 bits per heavy atom. The van der Waals surface area contributed by atoms with Gasteiger partial charge in [0, 0.05) is 48.8 Å². The number of aryl methyl sites for hydroxylation is 2. The minimum absolute atomic E-state index is 0.0990. The highest BCUT2D eigenvalue weighted by atomic mass is 35.5. The third-order valence-corrected chi connectivity index (χ3v) is 9.53. The fraction of sp³-hybridized carbons (Fsp3) is 0.355. The van der Waals surface area contributed by atoms with Crippen LogP contribution in [0.4, 0.5) is 10.1 Å². The first-order valence-corrected chi connectivity index (χ1v) is 15.2. The molecule has 5 rings (SSSR count). The Hall–Kier alpha value is -3.84. The van der Waals surface area contributed by atoms with Crippen molar-refractivity contribution in [1.29, 1.82) is 0 Å². The molecular weight excluding hydrogens is 609 g/mol. The van der Waals surface area contributed by atoms with E-state index < -0.39 is 17.4 Å². The lowest BCUT2D eigenvalue weighted by molar-refractivity contribution is -0.230. The maximum Gasteiger partial charge on any atom is 0.305 e. The summed E-state index contributed by atoms with van der Waals surface area (Å²) < 4.78 is 22.0. The Bertz CT molecular complexity index is 1720. The quantitative estimate of drug-likeness (QED) is 0.185. The number of nitrogens with one attached hydrogen (secondary N) is 1. The number of hydrogen-bond acceptors (Lipinski definition) is 8. The number of hydrogen-bond donors (Lipinski definition) is 1. The Morgan fingerprint density at radius 1 is 1.23 bits per heavy atom. The van der Waals surface area contributed by atoms with E-state index in [0.29, 0.717) is 36.4 Å². The molecule has 1 atom stereocenters. The topological polar surface area (TPSA) is 106 Å². The third-order valence-electron chi connectivity index (χ3n) is 8.02. The lowest BCUT2D eigenvalue weighted by Crippen LogP contribution is -2.55. The number of halogens is 2. The number of rotatable bonds is 10. The van der Waals surface area contributed by atoms with Crippen molar-refractivity contribution in [2.24, 2.45) is 7.05 Å². The molecular formula is C31H33ClFN5O5S. The van der Waals surface area contributed by atoms with Crippen LogP contribution in [0.1, 0.15) is 45.1 Å². The zero-order valence-electron chi connectivity index (χ0n) is 24.9. The summed E-state index contributed by atoms with van der Waals surface area (Å²) in [4.78, 5) is 51.3. The number of thiazole rings is 1. The van der Waals surface area contributed by atoms with Crippen LogP contribution in [-0.4, -0.2) is 65.1 Å². The Balaban J connectivity index is 1.36. The van der Waals surface area contributed by atoms with Gasteiger partial charge in [-0.3, -0.25) is 19.2 Å². The van der Waals surface area contributed by atoms with Crippen LogP contribution >= 0.6 is 22.9 Å². The lowest BCUT2D eigenvalue weighted by atomic mass is 10.1. The molecule has 13 heteroatoms. The first-order valence-electron chi connectivity index (χ1n) is 14.0. The van der Waals surface area contributed by atoms with E-state index in [1.807, 2.05) is 35.9 Å². The molecule has 1 aliphatic rings. The molecule has 0 spiro atoms. The molecule has 0 aliphatic carbocycles. The molecule has 0 saturated carbocycles. The van der Waals surface area contributed by atoms with E-state index in [9.17, 15) is 14.4 Å². The zero-order chi connectivity index (χ0) is 31.6. The van der Waals surface area contributed by atoms with Crippen molar-refractivity contribution in [3.63, 3.8) is 0 Å². The standard InChI is InChI=1S/C31H33ClFN5O5S/c1-36-18-22(21-8-5-6-9-26(21)36)29(41)35-25-16-24(33)19(14-23(25)32)15-27(39)38-13-7-12-31(38,37(2)43-4)30-34-17-20(44-30)10-11-28(40)42-3/h5-6,8-9,14,16-18H,7,10-13,15H2,1-4H3,(H,35,41)/t31-/m1/s1. The summed E-state index contributed by atoms with van der Waals surface area (Å²) in [5.74, 6) is -1.74. The second-order valence-corrected chi connectivity index (χ2v) is 12.1. The second-order valence-electron chi connectivity index (χ2n) is 10.6. The molecule has 0 bridgehead atoms. The molecule has 2 amide bonds. The van der Waals surface area contributed by atoms with E-state index in [1.54, 1.807) is 29.4 Å². The highest BCUT2D eigenvalue weighted by Crippen LogP contribution is 2.43. The molecule has 2 aromatic heterocycles. The van der Waals surface area contributed by atoms with Gasteiger partial charge in [0.15, 0.2) is 5.66 Å². The SMILES string of the molecule is COC(=O)CCc1cnc([C@@]2(N(C)OC)CCCN2C(=O)Cc2cc(Cl)c(NC(=O)c3cn(C)c4ccccc34)cc2F)s1. The van der Waals surface area contributed by atoms with Crippen LogP contribution < -0.4 is 5.32 Å². The number of nitrogens with zero attached hydrogens (tertiary/aromatic N) is 4. The average molecular weight is 642 g/mol. The number of benzene rings is 2. The molecule has 3 heterocycles. The van der Waals surface area contributed by atoms with Crippen LogP contribution in [0.15, 0.2) is 48.8 Å². The van der Waals surface area contributed by atoms with Crippen LogP contribution in [-0.2, 0) is 44.7 Å². The third kappa shape index (κ3) is 5.94.